The molecule has 130 valence electrons. The van der Waals surface area contributed by atoms with E-state index in [0.717, 1.165) is 38.0 Å². The number of hydrogen-bond donors (Lipinski definition) is 2. The third-order valence-electron chi connectivity index (χ3n) is 4.94. The van der Waals surface area contributed by atoms with Crippen LogP contribution in [-0.2, 0) is 9.59 Å². The summed E-state index contributed by atoms with van der Waals surface area (Å²) in [6.45, 7) is 4.03. The smallest absolute Gasteiger partial charge is 0.236 e. The zero-order valence-corrected chi connectivity index (χ0v) is 13.9. The Hall–Kier alpha value is -1.99. The van der Waals surface area contributed by atoms with Gasteiger partial charge < -0.3 is 16.0 Å². The molecule has 2 unspecified atom stereocenters. The minimum Gasteiger partial charge on any atom is -0.369 e. The maximum atomic E-state index is 12.7. The summed E-state index contributed by atoms with van der Waals surface area (Å²) in [6, 6.07) is 4.12. The predicted molar refractivity (Wildman–Crippen MR) is 89.9 cm³/mol. The second-order valence-electron chi connectivity index (χ2n) is 6.56. The van der Waals surface area contributed by atoms with Crippen molar-refractivity contribution < 1.29 is 9.59 Å². The molecular weight excluding hydrogens is 306 g/mol. The third-order valence-corrected chi connectivity index (χ3v) is 4.94. The first-order valence-corrected chi connectivity index (χ1v) is 8.57. The van der Waals surface area contributed by atoms with Crippen molar-refractivity contribution in [1.29, 1.82) is 0 Å². The molecule has 0 bridgehead atoms. The van der Waals surface area contributed by atoms with E-state index < -0.39 is 0 Å². The number of hydrogen-bond acceptors (Lipinski definition) is 5. The third kappa shape index (κ3) is 3.91. The van der Waals surface area contributed by atoms with E-state index in [4.69, 9.17) is 5.73 Å². The number of amides is 2. The Bertz CT molecular complexity index is 580. The normalized spacial score (nSPS) is 25.4. The molecule has 2 atom stereocenters. The van der Waals surface area contributed by atoms with Crippen LogP contribution in [0.4, 0.5) is 0 Å². The predicted octanol–water partition coefficient (Wildman–Crippen LogP) is -0.248. The van der Waals surface area contributed by atoms with E-state index in [1.165, 1.54) is 0 Å². The molecule has 2 fully saturated rings. The van der Waals surface area contributed by atoms with E-state index in [1.54, 1.807) is 11.1 Å². The molecule has 1 aromatic heterocycles. The van der Waals surface area contributed by atoms with Gasteiger partial charge in [-0.15, -0.1) is 0 Å². The summed E-state index contributed by atoms with van der Waals surface area (Å²) >= 11 is 0. The van der Waals surface area contributed by atoms with Gasteiger partial charge in [0.2, 0.25) is 11.8 Å². The van der Waals surface area contributed by atoms with Crippen LogP contribution < -0.4 is 11.1 Å². The topological polar surface area (TPSA) is 91.6 Å². The van der Waals surface area contributed by atoms with Crippen LogP contribution in [0.5, 0.6) is 0 Å². The fraction of sp³-hybridized carbons (Fsp3) is 0.588. The van der Waals surface area contributed by atoms with Gasteiger partial charge in [0, 0.05) is 51.2 Å². The lowest BCUT2D eigenvalue weighted by Gasteiger charge is -2.38. The molecular formula is C17H25N5O2. The standard InChI is InChI=1S/C17H25N5O2/c18-17(24)14-4-2-7-22(11-14)16(23)12-21-8-6-20-10-15(21)13-3-1-5-19-9-13/h1,3,5,9,14-15,20H,2,4,6-8,10-12H2,(H2,18,24). The zero-order chi connectivity index (χ0) is 16.9. The Morgan fingerprint density at radius 3 is 3.00 bits per heavy atom. The summed E-state index contributed by atoms with van der Waals surface area (Å²) in [6.07, 6.45) is 5.24. The highest BCUT2D eigenvalue weighted by molar-refractivity contribution is 5.81. The molecule has 0 spiro atoms. The van der Waals surface area contributed by atoms with Gasteiger partial charge in [0.25, 0.3) is 0 Å². The van der Waals surface area contributed by atoms with Gasteiger partial charge in [0.05, 0.1) is 12.5 Å². The van der Waals surface area contributed by atoms with E-state index in [9.17, 15) is 9.59 Å². The van der Waals surface area contributed by atoms with Gasteiger partial charge in [-0.1, -0.05) is 6.07 Å². The molecule has 3 rings (SSSR count). The highest BCUT2D eigenvalue weighted by Gasteiger charge is 2.30. The molecule has 0 aromatic carbocycles. The van der Waals surface area contributed by atoms with Gasteiger partial charge in [-0.3, -0.25) is 19.5 Å². The Kier molecular flexibility index (Phi) is 5.42. The van der Waals surface area contributed by atoms with Crippen LogP contribution in [0, 0.1) is 5.92 Å². The molecule has 7 nitrogen and oxygen atoms in total. The first-order valence-electron chi connectivity index (χ1n) is 8.57. The first kappa shape index (κ1) is 16.9. The molecule has 7 heteroatoms. The van der Waals surface area contributed by atoms with Crippen LogP contribution >= 0.6 is 0 Å². The number of aromatic nitrogens is 1. The summed E-state index contributed by atoms with van der Waals surface area (Å²) in [5, 5.41) is 3.38. The number of primary amides is 1. The number of pyridine rings is 1. The van der Waals surface area contributed by atoms with Crippen molar-refractivity contribution in [3.63, 3.8) is 0 Å². The second-order valence-corrected chi connectivity index (χ2v) is 6.56. The fourth-order valence-electron chi connectivity index (χ4n) is 3.55. The molecule has 0 aliphatic carbocycles. The molecule has 3 heterocycles. The number of nitrogens with zero attached hydrogens (tertiary/aromatic N) is 3. The van der Waals surface area contributed by atoms with Crippen molar-refractivity contribution in [3.05, 3.63) is 30.1 Å². The Labute approximate surface area is 142 Å². The van der Waals surface area contributed by atoms with Crippen LogP contribution in [0.2, 0.25) is 0 Å². The van der Waals surface area contributed by atoms with Crippen molar-refractivity contribution >= 4 is 11.8 Å². The van der Waals surface area contributed by atoms with Gasteiger partial charge in [0.1, 0.15) is 0 Å². The SMILES string of the molecule is NC(=O)C1CCCN(C(=O)CN2CCNCC2c2cccnc2)C1. The van der Waals surface area contributed by atoms with Crippen molar-refractivity contribution in [2.24, 2.45) is 11.7 Å². The van der Waals surface area contributed by atoms with Crippen LogP contribution in [0.3, 0.4) is 0 Å². The van der Waals surface area contributed by atoms with Crippen LogP contribution in [0.15, 0.2) is 24.5 Å². The molecule has 2 saturated heterocycles. The van der Waals surface area contributed by atoms with Crippen molar-refractivity contribution in [2.75, 3.05) is 39.3 Å². The number of likely N-dealkylation sites (tertiary alicyclic amines) is 1. The van der Waals surface area contributed by atoms with Crippen LogP contribution in [-0.4, -0.2) is 65.9 Å². The number of piperazine rings is 1. The summed E-state index contributed by atoms with van der Waals surface area (Å²) in [4.78, 5) is 32.3. The Balaban J connectivity index is 1.64. The molecule has 2 amide bonds. The van der Waals surface area contributed by atoms with Gasteiger partial charge >= 0.3 is 0 Å². The van der Waals surface area contributed by atoms with E-state index in [1.807, 2.05) is 18.3 Å². The lowest BCUT2D eigenvalue weighted by molar-refractivity contribution is -0.136. The summed E-state index contributed by atoms with van der Waals surface area (Å²) in [5.74, 6) is -0.431. The summed E-state index contributed by atoms with van der Waals surface area (Å²) in [7, 11) is 0. The average molecular weight is 331 g/mol. The van der Waals surface area contributed by atoms with E-state index in [-0.39, 0.29) is 23.8 Å². The van der Waals surface area contributed by atoms with E-state index in [0.29, 0.717) is 19.6 Å². The van der Waals surface area contributed by atoms with Gasteiger partial charge in [0.15, 0.2) is 0 Å². The maximum absolute atomic E-state index is 12.7. The largest absolute Gasteiger partial charge is 0.369 e. The van der Waals surface area contributed by atoms with Crippen molar-refractivity contribution in [1.82, 2.24) is 20.1 Å². The second kappa shape index (κ2) is 7.72. The fourth-order valence-corrected chi connectivity index (χ4v) is 3.55. The number of piperidine rings is 1. The molecule has 24 heavy (non-hydrogen) atoms. The van der Waals surface area contributed by atoms with Crippen molar-refractivity contribution in [3.8, 4) is 0 Å². The number of carbonyl (C=O) groups is 2. The lowest BCUT2D eigenvalue weighted by Crippen LogP contribution is -2.52. The van der Waals surface area contributed by atoms with Crippen molar-refractivity contribution in [2.45, 2.75) is 18.9 Å². The number of rotatable bonds is 4. The van der Waals surface area contributed by atoms with Gasteiger partial charge in [-0.05, 0) is 24.5 Å². The monoisotopic (exact) mass is 331 g/mol. The molecule has 3 N–H and O–H groups in total. The number of carbonyl (C=O) groups excluding carboxylic acids is 2. The Morgan fingerprint density at radius 1 is 1.38 bits per heavy atom. The zero-order valence-electron chi connectivity index (χ0n) is 13.9. The quantitative estimate of drug-likeness (QED) is 0.794. The van der Waals surface area contributed by atoms with Gasteiger partial charge in [-0.2, -0.15) is 0 Å². The summed E-state index contributed by atoms with van der Waals surface area (Å²) < 4.78 is 0. The minimum absolute atomic E-state index is 0.0803. The maximum Gasteiger partial charge on any atom is 0.236 e. The van der Waals surface area contributed by atoms with E-state index in [2.05, 4.69) is 15.2 Å². The molecule has 0 radical (unpaired) electrons. The van der Waals surface area contributed by atoms with Crippen LogP contribution in [0.25, 0.3) is 0 Å². The molecule has 1 aromatic rings. The lowest BCUT2D eigenvalue weighted by atomic mass is 9.97. The number of nitrogens with one attached hydrogen (secondary N) is 1. The summed E-state index contributed by atoms with van der Waals surface area (Å²) in [5.41, 5.74) is 6.53. The highest BCUT2D eigenvalue weighted by Crippen LogP contribution is 2.22. The van der Waals surface area contributed by atoms with Crippen LogP contribution in [0.1, 0.15) is 24.4 Å². The average Bonchev–Trinajstić information content (AvgIpc) is 2.63. The van der Waals surface area contributed by atoms with Gasteiger partial charge in [-0.25, -0.2) is 0 Å². The first-order chi connectivity index (χ1) is 11.6. The molecule has 0 saturated carbocycles. The number of nitrogens with two attached hydrogens (primary N) is 1. The highest BCUT2D eigenvalue weighted by atomic mass is 16.2. The van der Waals surface area contributed by atoms with E-state index >= 15 is 0 Å². The molecule has 2 aliphatic rings. The minimum atomic E-state index is -0.303. The Morgan fingerprint density at radius 2 is 2.25 bits per heavy atom. The molecule has 2 aliphatic heterocycles.